The van der Waals surface area contributed by atoms with Crippen LogP contribution in [0.2, 0.25) is 0 Å². The van der Waals surface area contributed by atoms with Gasteiger partial charge in [-0.1, -0.05) is 6.07 Å². The van der Waals surface area contributed by atoms with E-state index in [1.54, 1.807) is 0 Å². The molecule has 0 aliphatic heterocycles. The average molecular weight is 243 g/mol. The van der Waals surface area contributed by atoms with Gasteiger partial charge in [0.15, 0.2) is 0 Å². The normalized spacial score (nSPS) is 10.7. The van der Waals surface area contributed by atoms with Gasteiger partial charge in [-0.3, -0.25) is 5.41 Å². The topological polar surface area (TPSA) is 49.9 Å². The fourth-order valence-corrected chi connectivity index (χ4v) is 0.913. The van der Waals surface area contributed by atoms with Crippen molar-refractivity contribution >= 4 is 18.2 Å². The first kappa shape index (κ1) is 13.7. The van der Waals surface area contributed by atoms with Gasteiger partial charge in [0.2, 0.25) is 0 Å². The van der Waals surface area contributed by atoms with Crippen molar-refractivity contribution in [1.29, 1.82) is 5.41 Å². The molecule has 0 heterocycles. The number of alkyl halides is 3. The van der Waals surface area contributed by atoms with E-state index in [1.165, 1.54) is 0 Å². The van der Waals surface area contributed by atoms with E-state index in [9.17, 15) is 17.6 Å². The van der Waals surface area contributed by atoms with Crippen LogP contribution in [0, 0.1) is 11.2 Å². The number of nitrogen functional groups attached to an aromatic ring is 1. The molecule has 1 aromatic rings. The fraction of sp³-hybridized carbons (Fsp3) is 0.125. The summed E-state index contributed by atoms with van der Waals surface area (Å²) >= 11 is 0. The lowest BCUT2D eigenvalue weighted by atomic mass is 10.1. The van der Waals surface area contributed by atoms with Gasteiger partial charge in [0.05, 0.1) is 5.56 Å². The van der Waals surface area contributed by atoms with Gasteiger partial charge in [-0.15, -0.1) is 12.4 Å². The largest absolute Gasteiger partial charge is 0.419 e. The van der Waals surface area contributed by atoms with Gasteiger partial charge in [-0.05, 0) is 12.1 Å². The molecule has 0 aliphatic rings. The van der Waals surface area contributed by atoms with Gasteiger partial charge in [0, 0.05) is 5.56 Å². The van der Waals surface area contributed by atoms with E-state index in [0.29, 0.717) is 12.1 Å². The third-order valence-corrected chi connectivity index (χ3v) is 1.59. The van der Waals surface area contributed by atoms with Crippen molar-refractivity contribution in [3.05, 3.63) is 35.1 Å². The molecule has 0 saturated carbocycles. The van der Waals surface area contributed by atoms with Gasteiger partial charge in [-0.25, -0.2) is 4.39 Å². The third-order valence-electron chi connectivity index (χ3n) is 1.59. The minimum Gasteiger partial charge on any atom is -0.384 e. The molecule has 0 atom stereocenters. The van der Waals surface area contributed by atoms with Crippen LogP contribution in [0.25, 0.3) is 0 Å². The minimum atomic E-state index is -4.72. The average Bonchev–Trinajstić information content (AvgIpc) is 2.01. The maximum Gasteiger partial charge on any atom is 0.419 e. The predicted octanol–water partition coefficient (Wildman–Crippen LogP) is 2.55. The molecular weight excluding hydrogens is 236 g/mol. The zero-order valence-corrected chi connectivity index (χ0v) is 8.05. The van der Waals surface area contributed by atoms with Crippen molar-refractivity contribution in [1.82, 2.24) is 0 Å². The summed E-state index contributed by atoms with van der Waals surface area (Å²) in [6.07, 6.45) is -4.72. The standard InChI is InChI=1S/C8H6F4N2.ClH/c9-6-3-4(7(13)14)1-2-5(6)8(10,11)12;/h1-3H,(H3,13,14);1H. The fourth-order valence-electron chi connectivity index (χ4n) is 0.913. The molecule has 7 heteroatoms. The lowest BCUT2D eigenvalue weighted by Crippen LogP contribution is -2.14. The van der Waals surface area contributed by atoms with E-state index in [0.717, 1.165) is 6.07 Å². The molecule has 1 aromatic carbocycles. The Kier molecular flexibility index (Phi) is 4.09. The van der Waals surface area contributed by atoms with Crippen LogP contribution in [0.4, 0.5) is 17.6 Å². The molecule has 0 fully saturated rings. The highest BCUT2D eigenvalue weighted by atomic mass is 35.5. The summed E-state index contributed by atoms with van der Waals surface area (Å²) in [6, 6.07) is 2.10. The number of hydrogen-bond donors (Lipinski definition) is 2. The van der Waals surface area contributed by atoms with E-state index >= 15 is 0 Å². The van der Waals surface area contributed by atoms with E-state index < -0.39 is 23.4 Å². The Labute approximate surface area is 89.0 Å². The van der Waals surface area contributed by atoms with Crippen LogP contribution >= 0.6 is 12.4 Å². The Balaban J connectivity index is 0.00000196. The first-order chi connectivity index (χ1) is 6.32. The number of nitrogens with two attached hydrogens (primary N) is 1. The van der Waals surface area contributed by atoms with Gasteiger partial charge in [0.1, 0.15) is 11.7 Å². The highest BCUT2D eigenvalue weighted by molar-refractivity contribution is 5.94. The molecule has 0 amide bonds. The summed E-state index contributed by atoms with van der Waals surface area (Å²) in [7, 11) is 0. The van der Waals surface area contributed by atoms with Gasteiger partial charge in [0.25, 0.3) is 0 Å². The molecule has 84 valence electrons. The maximum atomic E-state index is 12.8. The predicted molar refractivity (Wildman–Crippen MR) is 49.7 cm³/mol. The van der Waals surface area contributed by atoms with Crippen LogP contribution in [0.3, 0.4) is 0 Å². The van der Waals surface area contributed by atoms with Crippen molar-refractivity contribution in [2.75, 3.05) is 0 Å². The molecule has 1 rings (SSSR count). The van der Waals surface area contributed by atoms with Crippen LogP contribution in [-0.2, 0) is 6.18 Å². The smallest absolute Gasteiger partial charge is 0.384 e. The Morgan fingerprint density at radius 3 is 2.13 bits per heavy atom. The SMILES string of the molecule is Cl.N=C(N)c1ccc(C(F)(F)F)c(F)c1. The second kappa shape index (κ2) is 4.48. The van der Waals surface area contributed by atoms with Crippen LogP contribution in [-0.4, -0.2) is 5.84 Å². The molecule has 0 unspecified atom stereocenters. The third kappa shape index (κ3) is 3.09. The summed E-state index contributed by atoms with van der Waals surface area (Å²) in [5, 5.41) is 6.89. The Morgan fingerprint density at radius 2 is 1.80 bits per heavy atom. The van der Waals surface area contributed by atoms with E-state index in [-0.39, 0.29) is 18.0 Å². The molecule has 3 N–H and O–H groups in total. The molecule has 0 radical (unpaired) electrons. The molecule has 0 spiro atoms. The van der Waals surface area contributed by atoms with Crippen molar-refractivity contribution < 1.29 is 17.6 Å². The quantitative estimate of drug-likeness (QED) is 0.444. The summed E-state index contributed by atoms with van der Waals surface area (Å²) < 4.78 is 49.0. The number of benzene rings is 1. The van der Waals surface area contributed by atoms with Crippen LogP contribution in [0.5, 0.6) is 0 Å². The Morgan fingerprint density at radius 1 is 1.27 bits per heavy atom. The number of hydrogen-bond acceptors (Lipinski definition) is 1. The number of halogens is 5. The van der Waals surface area contributed by atoms with Crippen molar-refractivity contribution in [3.8, 4) is 0 Å². The molecule has 0 aliphatic carbocycles. The maximum absolute atomic E-state index is 12.8. The first-order valence-corrected chi connectivity index (χ1v) is 3.53. The summed E-state index contributed by atoms with van der Waals surface area (Å²) in [6.45, 7) is 0. The number of nitrogens with one attached hydrogen (secondary N) is 1. The van der Waals surface area contributed by atoms with E-state index in [2.05, 4.69) is 0 Å². The molecule has 15 heavy (non-hydrogen) atoms. The monoisotopic (exact) mass is 242 g/mol. The zero-order valence-electron chi connectivity index (χ0n) is 7.23. The molecule has 0 saturated heterocycles. The van der Waals surface area contributed by atoms with Crippen LogP contribution < -0.4 is 5.73 Å². The van der Waals surface area contributed by atoms with E-state index in [1.807, 2.05) is 0 Å². The van der Waals surface area contributed by atoms with Gasteiger partial charge >= 0.3 is 6.18 Å². The van der Waals surface area contributed by atoms with Crippen LogP contribution in [0.1, 0.15) is 11.1 Å². The Bertz CT molecular complexity index is 375. The molecular formula is C8H7ClF4N2. The summed E-state index contributed by atoms with van der Waals surface area (Å²) in [5.74, 6) is -1.90. The van der Waals surface area contributed by atoms with E-state index in [4.69, 9.17) is 11.1 Å². The van der Waals surface area contributed by atoms with Crippen LogP contribution in [0.15, 0.2) is 18.2 Å². The summed E-state index contributed by atoms with van der Waals surface area (Å²) in [4.78, 5) is 0. The number of amidine groups is 1. The van der Waals surface area contributed by atoms with Crippen molar-refractivity contribution in [3.63, 3.8) is 0 Å². The number of rotatable bonds is 1. The lowest BCUT2D eigenvalue weighted by molar-refractivity contribution is -0.140. The molecule has 0 aromatic heterocycles. The van der Waals surface area contributed by atoms with Gasteiger partial charge < -0.3 is 5.73 Å². The molecule has 2 nitrogen and oxygen atoms in total. The zero-order chi connectivity index (χ0) is 10.9. The second-order valence-electron chi connectivity index (χ2n) is 2.61. The highest BCUT2D eigenvalue weighted by Gasteiger charge is 2.33. The Hall–Kier alpha value is -1.30. The first-order valence-electron chi connectivity index (χ1n) is 3.53. The van der Waals surface area contributed by atoms with Crippen molar-refractivity contribution in [2.45, 2.75) is 6.18 Å². The lowest BCUT2D eigenvalue weighted by Gasteiger charge is -2.08. The summed E-state index contributed by atoms with van der Waals surface area (Å²) in [5.41, 5.74) is 3.54. The molecule has 0 bridgehead atoms. The minimum absolute atomic E-state index is 0. The highest BCUT2D eigenvalue weighted by Crippen LogP contribution is 2.31. The van der Waals surface area contributed by atoms with Crippen molar-refractivity contribution in [2.24, 2.45) is 5.73 Å². The second-order valence-corrected chi connectivity index (χ2v) is 2.61. The van der Waals surface area contributed by atoms with Gasteiger partial charge in [-0.2, -0.15) is 13.2 Å².